The first-order valence-corrected chi connectivity index (χ1v) is 4.38. The van der Waals surface area contributed by atoms with Crippen LogP contribution in [0.5, 0.6) is 0 Å². The standard InChI is InChI=1S/C11H13NO2/c1-7-4-9(11(14)12-3)5-10(6-13)8(7)2/h4-6H,1-3H3,(H,12,14). The molecule has 0 saturated carbocycles. The average molecular weight is 191 g/mol. The summed E-state index contributed by atoms with van der Waals surface area (Å²) in [7, 11) is 1.57. The van der Waals surface area contributed by atoms with Crippen molar-refractivity contribution < 1.29 is 9.59 Å². The van der Waals surface area contributed by atoms with Crippen molar-refractivity contribution in [3.63, 3.8) is 0 Å². The van der Waals surface area contributed by atoms with Gasteiger partial charge in [0.05, 0.1) is 0 Å². The normalized spacial score (nSPS) is 9.64. The van der Waals surface area contributed by atoms with E-state index in [0.717, 1.165) is 17.4 Å². The molecule has 0 unspecified atom stereocenters. The fourth-order valence-corrected chi connectivity index (χ4v) is 1.28. The number of amides is 1. The van der Waals surface area contributed by atoms with E-state index in [1.54, 1.807) is 19.2 Å². The van der Waals surface area contributed by atoms with Gasteiger partial charge in [-0.25, -0.2) is 0 Å². The van der Waals surface area contributed by atoms with Crippen molar-refractivity contribution in [2.24, 2.45) is 0 Å². The van der Waals surface area contributed by atoms with Crippen molar-refractivity contribution >= 4 is 12.2 Å². The fourth-order valence-electron chi connectivity index (χ4n) is 1.28. The topological polar surface area (TPSA) is 46.2 Å². The molecule has 1 aromatic carbocycles. The summed E-state index contributed by atoms with van der Waals surface area (Å²) in [6.07, 6.45) is 0.773. The van der Waals surface area contributed by atoms with Gasteiger partial charge in [0.1, 0.15) is 6.29 Å². The number of rotatable bonds is 2. The van der Waals surface area contributed by atoms with E-state index >= 15 is 0 Å². The van der Waals surface area contributed by atoms with Crippen LogP contribution in [0.1, 0.15) is 31.8 Å². The van der Waals surface area contributed by atoms with Crippen LogP contribution in [0.25, 0.3) is 0 Å². The van der Waals surface area contributed by atoms with Gasteiger partial charge in [0, 0.05) is 18.2 Å². The lowest BCUT2D eigenvalue weighted by atomic mass is 10.00. The summed E-state index contributed by atoms with van der Waals surface area (Å²) in [5.41, 5.74) is 2.97. The van der Waals surface area contributed by atoms with Gasteiger partial charge in [-0.05, 0) is 37.1 Å². The fraction of sp³-hybridized carbons (Fsp3) is 0.273. The number of benzene rings is 1. The average Bonchev–Trinajstić information content (AvgIpc) is 2.20. The van der Waals surface area contributed by atoms with Gasteiger partial charge in [-0.1, -0.05) is 0 Å². The van der Waals surface area contributed by atoms with Crippen LogP contribution in [0.4, 0.5) is 0 Å². The van der Waals surface area contributed by atoms with E-state index in [-0.39, 0.29) is 5.91 Å². The zero-order valence-corrected chi connectivity index (χ0v) is 8.55. The highest BCUT2D eigenvalue weighted by atomic mass is 16.1. The molecule has 0 atom stereocenters. The maximum absolute atomic E-state index is 11.3. The Morgan fingerprint density at radius 2 is 2.00 bits per heavy atom. The van der Waals surface area contributed by atoms with Crippen molar-refractivity contribution in [1.82, 2.24) is 5.32 Å². The molecule has 0 heterocycles. The highest BCUT2D eigenvalue weighted by molar-refractivity contribution is 5.96. The number of aryl methyl sites for hydroxylation is 1. The largest absolute Gasteiger partial charge is 0.355 e. The minimum absolute atomic E-state index is 0.170. The number of carbonyl (C=O) groups is 2. The Bertz CT molecular complexity index is 383. The first-order chi connectivity index (χ1) is 6.60. The summed E-state index contributed by atoms with van der Waals surface area (Å²) in [6.45, 7) is 3.75. The lowest BCUT2D eigenvalue weighted by molar-refractivity contribution is 0.0963. The minimum Gasteiger partial charge on any atom is -0.355 e. The molecule has 0 aromatic heterocycles. The molecule has 1 N–H and O–H groups in total. The van der Waals surface area contributed by atoms with E-state index in [1.165, 1.54) is 0 Å². The van der Waals surface area contributed by atoms with Crippen LogP contribution in [0.15, 0.2) is 12.1 Å². The molecular formula is C11H13NO2. The quantitative estimate of drug-likeness (QED) is 0.719. The zero-order valence-electron chi connectivity index (χ0n) is 8.55. The summed E-state index contributed by atoms with van der Waals surface area (Å²) in [4.78, 5) is 22.0. The monoisotopic (exact) mass is 191 g/mol. The van der Waals surface area contributed by atoms with Crippen molar-refractivity contribution in [2.75, 3.05) is 7.05 Å². The Morgan fingerprint density at radius 3 is 2.50 bits per heavy atom. The molecule has 3 nitrogen and oxygen atoms in total. The first kappa shape index (κ1) is 10.4. The molecule has 0 spiro atoms. The highest BCUT2D eigenvalue weighted by Crippen LogP contribution is 2.14. The molecule has 0 saturated heterocycles. The second-order valence-corrected chi connectivity index (χ2v) is 3.20. The maximum atomic E-state index is 11.3. The van der Waals surface area contributed by atoms with E-state index in [1.807, 2.05) is 13.8 Å². The van der Waals surface area contributed by atoms with Crippen LogP contribution >= 0.6 is 0 Å². The molecule has 0 aliphatic heterocycles. The molecular weight excluding hydrogens is 178 g/mol. The van der Waals surface area contributed by atoms with Crippen LogP contribution in [-0.4, -0.2) is 19.2 Å². The van der Waals surface area contributed by atoms with E-state index in [4.69, 9.17) is 0 Å². The van der Waals surface area contributed by atoms with Crippen LogP contribution in [0.2, 0.25) is 0 Å². The maximum Gasteiger partial charge on any atom is 0.251 e. The molecule has 0 radical (unpaired) electrons. The van der Waals surface area contributed by atoms with E-state index < -0.39 is 0 Å². The molecule has 0 bridgehead atoms. The summed E-state index contributed by atoms with van der Waals surface area (Å²) in [5, 5.41) is 2.52. The number of hydrogen-bond acceptors (Lipinski definition) is 2. The number of carbonyl (C=O) groups excluding carboxylic acids is 2. The van der Waals surface area contributed by atoms with Crippen molar-refractivity contribution in [2.45, 2.75) is 13.8 Å². The van der Waals surface area contributed by atoms with Crippen LogP contribution in [-0.2, 0) is 0 Å². The minimum atomic E-state index is -0.170. The molecule has 74 valence electrons. The Morgan fingerprint density at radius 1 is 1.36 bits per heavy atom. The number of hydrogen-bond donors (Lipinski definition) is 1. The summed E-state index contributed by atoms with van der Waals surface area (Å²) in [6, 6.07) is 3.38. The van der Waals surface area contributed by atoms with Gasteiger partial charge in [0.25, 0.3) is 5.91 Å². The predicted molar refractivity (Wildman–Crippen MR) is 54.7 cm³/mol. The first-order valence-electron chi connectivity index (χ1n) is 4.38. The van der Waals surface area contributed by atoms with Gasteiger partial charge in [-0.15, -0.1) is 0 Å². The SMILES string of the molecule is CNC(=O)c1cc(C)c(C)c(C=O)c1. The Labute approximate surface area is 83.1 Å². The number of nitrogens with one attached hydrogen (secondary N) is 1. The molecule has 3 heteroatoms. The van der Waals surface area contributed by atoms with Crippen LogP contribution in [0.3, 0.4) is 0 Å². The van der Waals surface area contributed by atoms with E-state index in [9.17, 15) is 9.59 Å². The Hall–Kier alpha value is -1.64. The lowest BCUT2D eigenvalue weighted by Crippen LogP contribution is -2.18. The third-order valence-electron chi connectivity index (χ3n) is 2.32. The lowest BCUT2D eigenvalue weighted by Gasteiger charge is -2.06. The third-order valence-corrected chi connectivity index (χ3v) is 2.32. The predicted octanol–water partition coefficient (Wildman–Crippen LogP) is 1.48. The van der Waals surface area contributed by atoms with Crippen LogP contribution < -0.4 is 5.32 Å². The smallest absolute Gasteiger partial charge is 0.251 e. The Kier molecular flexibility index (Phi) is 3.02. The molecule has 1 rings (SSSR count). The van der Waals surface area contributed by atoms with E-state index in [2.05, 4.69) is 5.32 Å². The summed E-state index contributed by atoms with van der Waals surface area (Å²) < 4.78 is 0. The van der Waals surface area contributed by atoms with Gasteiger partial charge >= 0.3 is 0 Å². The van der Waals surface area contributed by atoms with Crippen molar-refractivity contribution in [1.29, 1.82) is 0 Å². The Balaban J connectivity index is 3.29. The zero-order chi connectivity index (χ0) is 10.7. The number of aldehydes is 1. The van der Waals surface area contributed by atoms with Gasteiger partial charge in [-0.2, -0.15) is 0 Å². The molecule has 0 aliphatic carbocycles. The van der Waals surface area contributed by atoms with Crippen molar-refractivity contribution in [3.05, 3.63) is 34.4 Å². The van der Waals surface area contributed by atoms with Crippen LogP contribution in [0, 0.1) is 13.8 Å². The second kappa shape index (κ2) is 4.05. The second-order valence-electron chi connectivity index (χ2n) is 3.20. The summed E-state index contributed by atoms with van der Waals surface area (Å²) in [5.74, 6) is -0.170. The molecule has 0 aliphatic rings. The van der Waals surface area contributed by atoms with Crippen molar-refractivity contribution in [3.8, 4) is 0 Å². The van der Waals surface area contributed by atoms with Gasteiger partial charge < -0.3 is 5.32 Å². The molecule has 1 aromatic rings. The summed E-state index contributed by atoms with van der Waals surface area (Å²) >= 11 is 0. The molecule has 0 fully saturated rings. The highest BCUT2D eigenvalue weighted by Gasteiger charge is 2.08. The molecule has 14 heavy (non-hydrogen) atoms. The van der Waals surface area contributed by atoms with Gasteiger partial charge in [0.2, 0.25) is 0 Å². The van der Waals surface area contributed by atoms with Gasteiger partial charge in [0.15, 0.2) is 0 Å². The third kappa shape index (κ3) is 1.82. The van der Waals surface area contributed by atoms with E-state index in [0.29, 0.717) is 11.1 Å². The molecule has 1 amide bonds. The van der Waals surface area contributed by atoms with Gasteiger partial charge in [-0.3, -0.25) is 9.59 Å².